The van der Waals surface area contributed by atoms with Crippen LogP contribution < -0.4 is 5.32 Å². The van der Waals surface area contributed by atoms with Crippen molar-refractivity contribution in [3.63, 3.8) is 0 Å². The van der Waals surface area contributed by atoms with Gasteiger partial charge in [-0.25, -0.2) is 0 Å². The summed E-state index contributed by atoms with van der Waals surface area (Å²) >= 11 is 7.58. The van der Waals surface area contributed by atoms with E-state index in [-0.39, 0.29) is 11.8 Å². The lowest BCUT2D eigenvalue weighted by atomic mass is 9.78. The number of nitrogens with zero attached hydrogens (tertiary/aromatic N) is 3. The summed E-state index contributed by atoms with van der Waals surface area (Å²) in [5.74, 6) is 1.36. The van der Waals surface area contributed by atoms with Gasteiger partial charge in [-0.05, 0) is 101 Å². The van der Waals surface area contributed by atoms with E-state index in [9.17, 15) is 9.59 Å². The number of hydrogen-bond acceptors (Lipinski definition) is 5. The van der Waals surface area contributed by atoms with Gasteiger partial charge in [0.25, 0.3) is 11.8 Å². The van der Waals surface area contributed by atoms with Crippen LogP contribution in [0.25, 0.3) is 10.1 Å². The number of thiophene rings is 1. The molecule has 196 valence electrons. The first-order valence-corrected chi connectivity index (χ1v) is 14.8. The van der Waals surface area contributed by atoms with Crippen molar-refractivity contribution in [3.05, 3.63) is 34.2 Å². The molecular formula is C28H39ClN4O2S. The lowest BCUT2D eigenvalue weighted by Crippen LogP contribution is -2.68. The molecule has 0 bridgehead atoms. The van der Waals surface area contributed by atoms with Crippen molar-refractivity contribution in [1.82, 2.24) is 20.0 Å². The van der Waals surface area contributed by atoms with Gasteiger partial charge in [0.05, 0.1) is 4.88 Å². The SMILES string of the molecule is CN1CCC(C2CCN(C(=O)[C@](C)(NC(=O)c3cc4ccc(Cl)cc4s3)N3CCCCC3)CC2)CC1. The van der Waals surface area contributed by atoms with Crippen LogP contribution in [0.1, 0.15) is 61.5 Å². The standard InChI is InChI=1S/C28H39ClN4O2S/c1-28(33-12-4-3-5-13-33,30-26(34)25-18-22-6-7-23(29)19-24(22)36-25)27(35)32-16-10-21(11-17-32)20-8-14-31(2)15-9-20/h6-7,18-21H,3-5,8-17H2,1-2H3,(H,30,34)/t28-/m1/s1. The fourth-order valence-electron chi connectivity index (χ4n) is 6.39. The maximum Gasteiger partial charge on any atom is 0.263 e. The minimum atomic E-state index is -1.04. The van der Waals surface area contributed by atoms with Crippen molar-refractivity contribution in [2.45, 2.75) is 57.5 Å². The van der Waals surface area contributed by atoms with Gasteiger partial charge in [0, 0.05) is 35.9 Å². The summed E-state index contributed by atoms with van der Waals surface area (Å²) in [4.78, 5) is 34.8. The minimum absolute atomic E-state index is 0.0451. The number of halogens is 1. The van der Waals surface area contributed by atoms with E-state index >= 15 is 0 Å². The number of amides is 2. The van der Waals surface area contributed by atoms with E-state index in [0.29, 0.717) is 15.8 Å². The largest absolute Gasteiger partial charge is 0.339 e. The summed E-state index contributed by atoms with van der Waals surface area (Å²) in [6, 6.07) is 7.57. The topological polar surface area (TPSA) is 55.9 Å². The van der Waals surface area contributed by atoms with Crippen LogP contribution in [0.15, 0.2) is 24.3 Å². The Balaban J connectivity index is 1.30. The minimum Gasteiger partial charge on any atom is -0.339 e. The number of piperidine rings is 3. The third-order valence-electron chi connectivity index (χ3n) is 8.72. The Labute approximate surface area is 223 Å². The molecule has 5 rings (SSSR count). The quantitative estimate of drug-likeness (QED) is 0.586. The first-order valence-electron chi connectivity index (χ1n) is 13.6. The number of carbonyl (C=O) groups excluding carboxylic acids is 2. The third-order valence-corrected chi connectivity index (χ3v) is 10.1. The van der Waals surface area contributed by atoms with E-state index in [1.54, 1.807) is 0 Å². The Kier molecular flexibility index (Phi) is 7.92. The van der Waals surface area contributed by atoms with Crippen LogP contribution in [-0.4, -0.2) is 78.5 Å². The number of benzene rings is 1. The van der Waals surface area contributed by atoms with Crippen molar-refractivity contribution in [3.8, 4) is 0 Å². The van der Waals surface area contributed by atoms with Gasteiger partial charge in [0.2, 0.25) is 0 Å². The molecular weight excluding hydrogens is 492 g/mol. The van der Waals surface area contributed by atoms with Crippen molar-refractivity contribution in [2.24, 2.45) is 11.8 Å². The molecule has 0 radical (unpaired) electrons. The molecule has 8 heteroatoms. The van der Waals surface area contributed by atoms with Crippen LogP contribution in [0.3, 0.4) is 0 Å². The van der Waals surface area contributed by atoms with Crippen LogP contribution in [0, 0.1) is 11.8 Å². The average molecular weight is 531 g/mol. The van der Waals surface area contributed by atoms with Gasteiger partial charge in [0.1, 0.15) is 0 Å². The average Bonchev–Trinajstić information content (AvgIpc) is 3.33. The van der Waals surface area contributed by atoms with Gasteiger partial charge in [-0.2, -0.15) is 0 Å². The zero-order valence-corrected chi connectivity index (χ0v) is 23.2. The van der Waals surface area contributed by atoms with E-state index in [0.717, 1.165) is 67.9 Å². The van der Waals surface area contributed by atoms with Crippen LogP contribution in [0.4, 0.5) is 0 Å². The van der Waals surface area contributed by atoms with E-state index in [1.165, 1.54) is 43.7 Å². The van der Waals surface area contributed by atoms with Gasteiger partial charge in [-0.1, -0.05) is 24.1 Å². The molecule has 1 aromatic carbocycles. The highest BCUT2D eigenvalue weighted by molar-refractivity contribution is 7.20. The molecule has 2 amide bonds. The molecule has 0 aliphatic carbocycles. The Morgan fingerprint density at radius 1 is 0.944 bits per heavy atom. The summed E-state index contributed by atoms with van der Waals surface area (Å²) in [5, 5.41) is 4.86. The van der Waals surface area contributed by atoms with Crippen molar-refractivity contribution in [2.75, 3.05) is 46.3 Å². The Morgan fingerprint density at radius 3 is 2.25 bits per heavy atom. The first-order chi connectivity index (χ1) is 17.3. The van der Waals surface area contributed by atoms with Crippen LogP contribution in [-0.2, 0) is 4.79 Å². The molecule has 3 aliphatic rings. The van der Waals surface area contributed by atoms with E-state index in [2.05, 4.69) is 22.2 Å². The van der Waals surface area contributed by atoms with Crippen LogP contribution in [0.5, 0.6) is 0 Å². The zero-order chi connectivity index (χ0) is 25.3. The highest BCUT2D eigenvalue weighted by atomic mass is 35.5. The number of hydrogen-bond donors (Lipinski definition) is 1. The van der Waals surface area contributed by atoms with Crippen molar-refractivity contribution < 1.29 is 9.59 Å². The van der Waals surface area contributed by atoms with Gasteiger partial charge in [-0.3, -0.25) is 14.5 Å². The Morgan fingerprint density at radius 2 is 1.58 bits per heavy atom. The molecule has 6 nitrogen and oxygen atoms in total. The van der Waals surface area contributed by atoms with Crippen LogP contribution >= 0.6 is 22.9 Å². The maximum absolute atomic E-state index is 14.1. The van der Waals surface area contributed by atoms with E-state index < -0.39 is 5.66 Å². The molecule has 1 aromatic heterocycles. The van der Waals surface area contributed by atoms with Gasteiger partial charge < -0.3 is 15.1 Å². The highest BCUT2D eigenvalue weighted by Crippen LogP contribution is 2.34. The van der Waals surface area contributed by atoms with E-state index in [4.69, 9.17) is 11.6 Å². The zero-order valence-electron chi connectivity index (χ0n) is 21.6. The second kappa shape index (κ2) is 11.0. The molecule has 3 fully saturated rings. The first kappa shape index (κ1) is 26.0. The second-order valence-corrected chi connectivity index (χ2v) is 12.7. The van der Waals surface area contributed by atoms with E-state index in [1.807, 2.05) is 36.1 Å². The van der Waals surface area contributed by atoms with Crippen molar-refractivity contribution >= 4 is 44.8 Å². The van der Waals surface area contributed by atoms with Crippen molar-refractivity contribution in [1.29, 1.82) is 0 Å². The molecule has 1 N–H and O–H groups in total. The predicted molar refractivity (Wildman–Crippen MR) is 148 cm³/mol. The third kappa shape index (κ3) is 5.45. The summed E-state index contributed by atoms with van der Waals surface area (Å²) in [5.41, 5.74) is -1.04. The highest BCUT2D eigenvalue weighted by Gasteiger charge is 2.45. The lowest BCUT2D eigenvalue weighted by Gasteiger charge is -2.46. The predicted octanol–water partition coefficient (Wildman–Crippen LogP) is 5.07. The smallest absolute Gasteiger partial charge is 0.263 e. The monoisotopic (exact) mass is 530 g/mol. The summed E-state index contributed by atoms with van der Waals surface area (Å²) < 4.78 is 0.981. The summed E-state index contributed by atoms with van der Waals surface area (Å²) in [6.45, 7) is 7.53. The molecule has 3 saturated heterocycles. The number of fused-ring (bicyclic) bond motifs is 1. The van der Waals surface area contributed by atoms with Gasteiger partial charge in [-0.15, -0.1) is 11.3 Å². The number of rotatable bonds is 5. The second-order valence-electron chi connectivity index (χ2n) is 11.1. The molecule has 0 spiro atoms. The molecule has 0 saturated carbocycles. The van der Waals surface area contributed by atoms with Gasteiger partial charge >= 0.3 is 0 Å². The molecule has 0 unspecified atom stereocenters. The Bertz CT molecular complexity index is 1080. The Hall–Kier alpha value is -1.67. The molecule has 1 atom stereocenters. The maximum atomic E-state index is 14.1. The molecule has 2 aromatic rings. The van der Waals surface area contributed by atoms with Crippen LogP contribution in [0.2, 0.25) is 5.02 Å². The molecule has 36 heavy (non-hydrogen) atoms. The fourth-order valence-corrected chi connectivity index (χ4v) is 7.62. The number of likely N-dealkylation sites (tertiary alicyclic amines) is 3. The van der Waals surface area contributed by atoms with Gasteiger partial charge in [0.15, 0.2) is 5.66 Å². The number of carbonyl (C=O) groups is 2. The molecule has 4 heterocycles. The summed E-state index contributed by atoms with van der Waals surface area (Å²) in [7, 11) is 2.21. The fraction of sp³-hybridized carbons (Fsp3) is 0.643. The summed E-state index contributed by atoms with van der Waals surface area (Å²) in [6.07, 6.45) is 7.97. The normalized spacial score (nSPS) is 23.0. The molecule has 3 aliphatic heterocycles. The lowest BCUT2D eigenvalue weighted by molar-refractivity contribution is -0.148. The number of nitrogens with one attached hydrogen (secondary N) is 1.